The lowest BCUT2D eigenvalue weighted by atomic mass is 10.1. The van der Waals surface area contributed by atoms with Gasteiger partial charge in [-0.1, -0.05) is 17.7 Å². The number of hydrogen-bond donors (Lipinski definition) is 2. The lowest BCUT2D eigenvalue weighted by Gasteiger charge is -2.25. The molecule has 0 aliphatic rings. The number of rotatable bonds is 6. The number of hydrogen-bond acceptors (Lipinski definition) is 3. The summed E-state index contributed by atoms with van der Waals surface area (Å²) in [6.07, 6.45) is 1.16. The highest BCUT2D eigenvalue weighted by Crippen LogP contribution is 2.23. The van der Waals surface area contributed by atoms with E-state index in [9.17, 15) is 8.42 Å². The van der Waals surface area contributed by atoms with Gasteiger partial charge in [0, 0.05) is 23.1 Å². The average Bonchev–Trinajstić information content (AvgIpc) is 2.19. The molecule has 0 saturated heterocycles. The Labute approximate surface area is 128 Å². The Balaban J connectivity index is 2.51. The fourth-order valence-electron chi connectivity index (χ4n) is 1.71. The third-order valence-electron chi connectivity index (χ3n) is 2.34. The van der Waals surface area contributed by atoms with Gasteiger partial charge in [0.2, 0.25) is 10.0 Å². The van der Waals surface area contributed by atoms with Gasteiger partial charge >= 0.3 is 0 Å². The molecule has 0 heterocycles. The van der Waals surface area contributed by atoms with Gasteiger partial charge in [-0.05, 0) is 47.5 Å². The van der Waals surface area contributed by atoms with Crippen LogP contribution in [0.2, 0.25) is 5.02 Å². The maximum absolute atomic E-state index is 11.2. The Kier molecular flexibility index (Phi) is 5.82. The van der Waals surface area contributed by atoms with Gasteiger partial charge in [0.15, 0.2) is 0 Å². The lowest BCUT2D eigenvalue weighted by molar-refractivity contribution is 0.421. The molecule has 1 aromatic rings. The third-order valence-corrected chi connectivity index (χ3v) is 4.48. The minimum Gasteiger partial charge on any atom is -0.311 e. The summed E-state index contributed by atoms with van der Waals surface area (Å²) in [5.41, 5.74) is 0.545. The van der Waals surface area contributed by atoms with Gasteiger partial charge in [0.1, 0.15) is 0 Å². The zero-order chi connectivity index (χ0) is 14.7. The van der Waals surface area contributed by atoms with Crippen LogP contribution in [0, 0.1) is 0 Å². The van der Waals surface area contributed by atoms with Crippen molar-refractivity contribution < 1.29 is 8.42 Å². The molecule has 2 N–H and O–H groups in total. The zero-order valence-electron chi connectivity index (χ0n) is 11.1. The first kappa shape index (κ1) is 16.9. The summed E-state index contributed by atoms with van der Waals surface area (Å²) >= 11 is 9.28. The molecule has 0 amide bonds. The van der Waals surface area contributed by atoms with E-state index in [4.69, 9.17) is 11.6 Å². The van der Waals surface area contributed by atoms with Crippen LogP contribution in [-0.2, 0) is 16.6 Å². The highest BCUT2D eigenvalue weighted by atomic mass is 79.9. The molecule has 1 rings (SSSR count). The molecule has 0 aliphatic carbocycles. The van der Waals surface area contributed by atoms with Crippen LogP contribution in [0.4, 0.5) is 0 Å². The second kappa shape index (κ2) is 6.54. The van der Waals surface area contributed by atoms with E-state index in [1.165, 1.54) is 0 Å². The highest BCUT2D eigenvalue weighted by molar-refractivity contribution is 9.10. The molecule has 4 nitrogen and oxygen atoms in total. The van der Waals surface area contributed by atoms with Gasteiger partial charge in [-0.25, -0.2) is 13.1 Å². The van der Waals surface area contributed by atoms with Crippen LogP contribution in [0.15, 0.2) is 22.7 Å². The second-order valence-corrected chi connectivity index (χ2v) is 8.12. The van der Waals surface area contributed by atoms with E-state index < -0.39 is 15.6 Å². The van der Waals surface area contributed by atoms with Crippen molar-refractivity contribution >= 4 is 37.6 Å². The van der Waals surface area contributed by atoms with Gasteiger partial charge in [-0.2, -0.15) is 0 Å². The Hall–Kier alpha value is -0.140. The maximum Gasteiger partial charge on any atom is 0.209 e. The first-order chi connectivity index (χ1) is 8.59. The first-order valence-corrected chi connectivity index (χ1v) is 8.79. The number of benzene rings is 1. The molecule has 0 aromatic heterocycles. The number of sulfonamides is 1. The summed E-state index contributed by atoms with van der Waals surface area (Å²) in [6.45, 7) is 4.84. The molecule has 0 atom stereocenters. The van der Waals surface area contributed by atoms with Gasteiger partial charge in [0.25, 0.3) is 0 Å². The van der Waals surface area contributed by atoms with E-state index >= 15 is 0 Å². The summed E-state index contributed by atoms with van der Waals surface area (Å²) in [4.78, 5) is 0. The topological polar surface area (TPSA) is 58.2 Å². The molecule has 0 saturated carbocycles. The maximum atomic E-state index is 11.2. The standard InChI is InChI=1S/C12H18BrClN2O2S/c1-12(2,16-19(3,17)18)8-15-7-9-4-5-11(14)10(13)6-9/h4-6,15-16H,7-8H2,1-3H3. The Morgan fingerprint density at radius 3 is 2.53 bits per heavy atom. The van der Waals surface area contributed by atoms with Crippen molar-refractivity contribution in [2.24, 2.45) is 0 Å². The Morgan fingerprint density at radius 1 is 1.37 bits per heavy atom. The van der Waals surface area contributed by atoms with Crippen LogP contribution >= 0.6 is 27.5 Å². The number of nitrogens with one attached hydrogen (secondary N) is 2. The molecule has 0 bridgehead atoms. The predicted molar refractivity (Wildman–Crippen MR) is 82.9 cm³/mol. The van der Waals surface area contributed by atoms with Crippen LogP contribution in [-0.4, -0.2) is 26.8 Å². The molecule has 0 fully saturated rings. The van der Waals surface area contributed by atoms with Gasteiger partial charge in [0.05, 0.1) is 11.3 Å². The molecule has 7 heteroatoms. The quantitative estimate of drug-likeness (QED) is 0.810. The molecular formula is C12H18BrClN2O2S. The number of halogens is 2. The summed E-state index contributed by atoms with van der Waals surface area (Å²) in [7, 11) is -3.20. The van der Waals surface area contributed by atoms with Gasteiger partial charge < -0.3 is 5.32 Å². The fraction of sp³-hybridized carbons (Fsp3) is 0.500. The largest absolute Gasteiger partial charge is 0.311 e. The highest BCUT2D eigenvalue weighted by Gasteiger charge is 2.21. The van der Waals surface area contributed by atoms with Crippen molar-refractivity contribution in [1.82, 2.24) is 10.0 Å². The van der Waals surface area contributed by atoms with E-state index in [2.05, 4.69) is 26.0 Å². The van der Waals surface area contributed by atoms with Crippen LogP contribution in [0.1, 0.15) is 19.4 Å². The Bertz CT molecular complexity index is 547. The SMILES string of the molecule is CC(C)(CNCc1ccc(Cl)c(Br)c1)NS(C)(=O)=O. The van der Waals surface area contributed by atoms with Crippen LogP contribution in [0.5, 0.6) is 0 Å². The van der Waals surface area contributed by atoms with E-state index in [1.807, 2.05) is 32.0 Å². The van der Waals surface area contributed by atoms with Crippen molar-refractivity contribution in [2.45, 2.75) is 25.9 Å². The average molecular weight is 370 g/mol. The van der Waals surface area contributed by atoms with Crippen molar-refractivity contribution in [3.8, 4) is 0 Å². The van der Waals surface area contributed by atoms with E-state index in [1.54, 1.807) is 0 Å². The van der Waals surface area contributed by atoms with Crippen molar-refractivity contribution in [1.29, 1.82) is 0 Å². The van der Waals surface area contributed by atoms with Gasteiger partial charge in [-0.3, -0.25) is 0 Å². The molecule has 0 spiro atoms. The Morgan fingerprint density at radius 2 is 2.00 bits per heavy atom. The van der Waals surface area contributed by atoms with Crippen molar-refractivity contribution in [2.75, 3.05) is 12.8 Å². The zero-order valence-corrected chi connectivity index (χ0v) is 14.3. The molecule has 0 radical (unpaired) electrons. The first-order valence-electron chi connectivity index (χ1n) is 5.73. The van der Waals surface area contributed by atoms with Crippen molar-refractivity contribution in [3.05, 3.63) is 33.3 Å². The third kappa shape index (κ3) is 6.72. The van der Waals surface area contributed by atoms with Gasteiger partial charge in [-0.15, -0.1) is 0 Å². The molecule has 108 valence electrons. The minimum atomic E-state index is -3.20. The monoisotopic (exact) mass is 368 g/mol. The fourth-order valence-corrected chi connectivity index (χ4v) is 3.33. The lowest BCUT2D eigenvalue weighted by Crippen LogP contribution is -2.49. The molecule has 19 heavy (non-hydrogen) atoms. The minimum absolute atomic E-state index is 0.528. The smallest absolute Gasteiger partial charge is 0.209 e. The summed E-state index contributed by atoms with van der Waals surface area (Å²) < 4.78 is 25.8. The van der Waals surface area contributed by atoms with Crippen LogP contribution in [0.25, 0.3) is 0 Å². The van der Waals surface area contributed by atoms with Crippen LogP contribution < -0.4 is 10.0 Å². The van der Waals surface area contributed by atoms with Crippen molar-refractivity contribution in [3.63, 3.8) is 0 Å². The second-order valence-electron chi connectivity index (χ2n) is 5.11. The van der Waals surface area contributed by atoms with E-state index in [0.717, 1.165) is 16.3 Å². The molecular weight excluding hydrogens is 352 g/mol. The molecule has 0 aliphatic heterocycles. The molecule has 0 unspecified atom stereocenters. The predicted octanol–water partition coefficient (Wildman–Crippen LogP) is 2.52. The summed E-state index contributed by atoms with van der Waals surface area (Å²) in [6, 6.07) is 5.69. The van der Waals surface area contributed by atoms with E-state index in [0.29, 0.717) is 18.1 Å². The molecule has 1 aromatic carbocycles. The van der Waals surface area contributed by atoms with E-state index in [-0.39, 0.29) is 0 Å². The van der Waals surface area contributed by atoms with Crippen LogP contribution in [0.3, 0.4) is 0 Å². The summed E-state index contributed by atoms with van der Waals surface area (Å²) in [5.74, 6) is 0. The normalized spacial score (nSPS) is 12.7. The summed E-state index contributed by atoms with van der Waals surface area (Å²) in [5, 5.41) is 3.89.